The summed E-state index contributed by atoms with van der Waals surface area (Å²) < 4.78 is 0.496. The van der Waals surface area contributed by atoms with Gasteiger partial charge in [0.05, 0.1) is 0 Å². The number of thiocarbonyl (C=S) groups is 1. The van der Waals surface area contributed by atoms with Crippen LogP contribution in [-0.4, -0.2) is 14.2 Å². The van der Waals surface area contributed by atoms with Crippen molar-refractivity contribution in [3.63, 3.8) is 0 Å². The summed E-state index contributed by atoms with van der Waals surface area (Å²) in [7, 11) is 0. The number of hydrogen-bond donors (Lipinski definition) is 0. The van der Waals surface area contributed by atoms with E-state index < -0.39 is 0 Å². The summed E-state index contributed by atoms with van der Waals surface area (Å²) in [6.07, 6.45) is 3.56. The zero-order chi connectivity index (χ0) is 12.8. The molecule has 0 aliphatic carbocycles. The van der Waals surface area contributed by atoms with Gasteiger partial charge in [-0.15, -0.1) is 0 Å². The van der Waals surface area contributed by atoms with Crippen LogP contribution in [0.4, 0.5) is 0 Å². The monoisotopic (exact) mass is 312 g/mol. The van der Waals surface area contributed by atoms with Gasteiger partial charge in [0.1, 0.15) is 0 Å². The number of rotatable bonds is 4. The first-order chi connectivity index (χ1) is 8.75. The van der Waals surface area contributed by atoms with Crippen molar-refractivity contribution in [3.05, 3.63) is 66.0 Å². The van der Waals surface area contributed by atoms with Gasteiger partial charge < -0.3 is 29.7 Å². The van der Waals surface area contributed by atoms with Crippen molar-refractivity contribution < 1.29 is 51.4 Å². The van der Waals surface area contributed by atoms with Crippen molar-refractivity contribution in [1.82, 2.24) is 9.88 Å². The molecule has 0 aliphatic rings. The van der Waals surface area contributed by atoms with Gasteiger partial charge in [-0.2, -0.15) is 0 Å². The number of hydrogen-bond acceptors (Lipinski definition) is 3. The van der Waals surface area contributed by atoms with Gasteiger partial charge in [0.2, 0.25) is 0 Å². The number of nitrogens with zero attached hydrogens (tertiary/aromatic N) is 2. The van der Waals surface area contributed by atoms with Gasteiger partial charge in [-0.25, -0.2) is 0 Å². The molecule has 0 saturated heterocycles. The van der Waals surface area contributed by atoms with E-state index in [1.54, 1.807) is 12.4 Å². The van der Waals surface area contributed by atoms with Crippen LogP contribution >= 0.6 is 12.2 Å². The standard InChI is InChI=1S/C14H14N2S2.K/c17-14(18)16(10-12-4-2-1-3-5-12)11-13-6-8-15-9-7-13;/h1-9H,10-11H2,(H,17,18);/q;+1/p-1. The van der Waals surface area contributed by atoms with Crippen LogP contribution in [0.15, 0.2) is 54.9 Å². The predicted molar refractivity (Wildman–Crippen MR) is 79.9 cm³/mol. The third kappa shape index (κ3) is 5.95. The second-order valence-corrected chi connectivity index (χ2v) is 4.99. The maximum Gasteiger partial charge on any atom is 1.00 e. The van der Waals surface area contributed by atoms with E-state index in [4.69, 9.17) is 24.8 Å². The summed E-state index contributed by atoms with van der Waals surface area (Å²) >= 11 is 10.3. The van der Waals surface area contributed by atoms with Gasteiger partial charge >= 0.3 is 51.4 Å². The Hall–Kier alpha value is 0.116. The van der Waals surface area contributed by atoms with Crippen molar-refractivity contribution in [3.8, 4) is 0 Å². The minimum Gasteiger partial charge on any atom is -0.411 e. The molecule has 0 spiro atoms. The Morgan fingerprint density at radius 3 is 2.05 bits per heavy atom. The fourth-order valence-corrected chi connectivity index (χ4v) is 1.96. The number of aromatic nitrogens is 1. The molecule has 0 bridgehead atoms. The van der Waals surface area contributed by atoms with E-state index in [0.29, 0.717) is 4.32 Å². The van der Waals surface area contributed by atoms with Crippen LogP contribution in [0.25, 0.3) is 0 Å². The van der Waals surface area contributed by atoms with E-state index in [9.17, 15) is 0 Å². The minimum absolute atomic E-state index is 0. The Morgan fingerprint density at radius 2 is 1.53 bits per heavy atom. The molecule has 0 aliphatic heterocycles. The maximum absolute atomic E-state index is 5.14. The molecule has 5 heteroatoms. The zero-order valence-electron chi connectivity index (χ0n) is 10.8. The van der Waals surface area contributed by atoms with Crippen molar-refractivity contribution >= 4 is 29.2 Å². The molecule has 2 nitrogen and oxygen atoms in total. The molecule has 0 saturated carbocycles. The molecular weight excluding hydrogens is 299 g/mol. The van der Waals surface area contributed by atoms with Crippen molar-refractivity contribution in [2.45, 2.75) is 13.1 Å². The van der Waals surface area contributed by atoms with Crippen LogP contribution < -0.4 is 51.4 Å². The average molecular weight is 313 g/mol. The Bertz CT molecular complexity index is 464. The van der Waals surface area contributed by atoms with Crippen molar-refractivity contribution in [2.24, 2.45) is 0 Å². The Labute approximate surface area is 167 Å². The van der Waals surface area contributed by atoms with Crippen molar-refractivity contribution in [1.29, 1.82) is 0 Å². The molecule has 2 aromatic rings. The second kappa shape index (κ2) is 9.13. The fraction of sp³-hybridized carbons (Fsp3) is 0.143. The molecule has 19 heavy (non-hydrogen) atoms. The van der Waals surface area contributed by atoms with Crippen LogP contribution in [0.1, 0.15) is 11.1 Å². The fourth-order valence-electron chi connectivity index (χ4n) is 1.70. The maximum atomic E-state index is 5.14. The first kappa shape index (κ1) is 17.2. The molecule has 1 aromatic heterocycles. The second-order valence-electron chi connectivity index (χ2n) is 3.96. The van der Waals surface area contributed by atoms with Crippen LogP contribution in [0.3, 0.4) is 0 Å². The molecule has 1 aromatic carbocycles. The van der Waals surface area contributed by atoms with E-state index >= 15 is 0 Å². The van der Waals surface area contributed by atoms with Crippen LogP contribution in [-0.2, 0) is 25.7 Å². The molecule has 0 N–H and O–H groups in total. The molecule has 0 atom stereocenters. The summed E-state index contributed by atoms with van der Waals surface area (Å²) in [5.41, 5.74) is 2.37. The van der Waals surface area contributed by atoms with Crippen LogP contribution in [0, 0.1) is 0 Å². The molecule has 92 valence electrons. The smallest absolute Gasteiger partial charge is 0.411 e. The Balaban J connectivity index is 0.00000180. The van der Waals surface area contributed by atoms with Gasteiger partial charge in [0, 0.05) is 25.5 Å². The van der Waals surface area contributed by atoms with Gasteiger partial charge in [-0.1, -0.05) is 34.7 Å². The molecular formula is C14H13KN2S2. The van der Waals surface area contributed by atoms with Gasteiger partial charge in [0.15, 0.2) is 0 Å². The predicted octanol–water partition coefficient (Wildman–Crippen LogP) is -0.0804. The topological polar surface area (TPSA) is 16.1 Å². The number of benzene rings is 1. The largest absolute Gasteiger partial charge is 1.00 e. The first-order valence-corrected chi connectivity index (χ1v) is 6.46. The summed E-state index contributed by atoms with van der Waals surface area (Å²) in [6.45, 7) is 1.46. The Kier molecular flexibility index (Phi) is 8.25. The molecule has 1 heterocycles. The summed E-state index contributed by atoms with van der Waals surface area (Å²) in [5.74, 6) is 0. The molecule has 0 unspecified atom stereocenters. The minimum atomic E-state index is 0. The van der Waals surface area contributed by atoms with E-state index in [-0.39, 0.29) is 51.4 Å². The SMILES string of the molecule is S=C([S-])N(Cc1ccccc1)Cc1ccncc1.[K+]. The third-order valence-electron chi connectivity index (χ3n) is 2.60. The third-order valence-corrected chi connectivity index (χ3v) is 3.11. The van der Waals surface area contributed by atoms with Gasteiger partial charge in [0.25, 0.3) is 0 Å². The zero-order valence-corrected chi connectivity index (χ0v) is 15.6. The van der Waals surface area contributed by atoms with E-state index in [0.717, 1.165) is 18.7 Å². The first-order valence-electron chi connectivity index (χ1n) is 5.64. The van der Waals surface area contributed by atoms with Crippen LogP contribution in [0.2, 0.25) is 0 Å². The van der Waals surface area contributed by atoms with Gasteiger partial charge in [-0.3, -0.25) is 4.98 Å². The van der Waals surface area contributed by atoms with E-state index in [2.05, 4.69) is 17.1 Å². The molecule has 0 amide bonds. The molecule has 0 fully saturated rings. The Morgan fingerprint density at radius 1 is 1.00 bits per heavy atom. The van der Waals surface area contributed by atoms with E-state index in [1.165, 1.54) is 5.56 Å². The quantitative estimate of drug-likeness (QED) is 0.446. The molecule has 0 radical (unpaired) electrons. The van der Waals surface area contributed by atoms with E-state index in [1.807, 2.05) is 35.2 Å². The molecule has 2 rings (SSSR count). The number of pyridine rings is 1. The summed E-state index contributed by atoms with van der Waals surface area (Å²) in [5, 5.41) is 0. The van der Waals surface area contributed by atoms with Crippen LogP contribution in [0.5, 0.6) is 0 Å². The average Bonchev–Trinajstić information content (AvgIpc) is 2.40. The van der Waals surface area contributed by atoms with Crippen molar-refractivity contribution in [2.75, 3.05) is 0 Å². The summed E-state index contributed by atoms with van der Waals surface area (Å²) in [6, 6.07) is 14.2. The normalized spacial score (nSPS) is 9.47. The summed E-state index contributed by atoms with van der Waals surface area (Å²) in [4.78, 5) is 6.01. The van der Waals surface area contributed by atoms with Gasteiger partial charge in [-0.05, 0) is 23.3 Å².